The van der Waals surface area contributed by atoms with E-state index in [9.17, 15) is 19.5 Å². The van der Waals surface area contributed by atoms with Crippen LogP contribution in [-0.4, -0.2) is 98.0 Å². The maximum atomic E-state index is 13.2. The van der Waals surface area contributed by atoms with Gasteiger partial charge in [-0.3, -0.25) is 4.79 Å². The summed E-state index contributed by atoms with van der Waals surface area (Å²) in [5, 5.41) is 21.3. The summed E-state index contributed by atoms with van der Waals surface area (Å²) >= 11 is 0. The topological polar surface area (TPSA) is 139 Å². The van der Waals surface area contributed by atoms with Gasteiger partial charge in [-0.25, -0.2) is 14.3 Å². The fourth-order valence-electron chi connectivity index (χ4n) is 3.66. The van der Waals surface area contributed by atoms with E-state index in [1.54, 1.807) is 22.9 Å². The number of aromatic nitrogens is 3. The van der Waals surface area contributed by atoms with E-state index < -0.39 is 35.5 Å². The highest BCUT2D eigenvalue weighted by atomic mass is 16.6. The Bertz CT molecular complexity index is 880. The third-order valence-electron chi connectivity index (χ3n) is 5.32. The average molecular weight is 511 g/mol. The van der Waals surface area contributed by atoms with Gasteiger partial charge in [-0.2, -0.15) is 0 Å². The molecule has 12 nitrogen and oxygen atoms in total. The molecule has 2 rings (SSSR count). The number of hydrogen-bond donors (Lipinski definition) is 2. The molecule has 2 heterocycles. The molecule has 0 radical (unpaired) electrons. The van der Waals surface area contributed by atoms with Gasteiger partial charge in [0, 0.05) is 38.9 Å². The van der Waals surface area contributed by atoms with E-state index >= 15 is 0 Å². The number of aliphatic hydroxyl groups is 1. The Labute approximate surface area is 213 Å². The number of rotatable bonds is 8. The summed E-state index contributed by atoms with van der Waals surface area (Å²) in [5.74, 6) is -0.271. The molecule has 0 bridgehead atoms. The zero-order chi connectivity index (χ0) is 27.1. The first kappa shape index (κ1) is 29.3. The van der Waals surface area contributed by atoms with Crippen molar-refractivity contribution >= 4 is 18.1 Å². The molecule has 0 saturated carbocycles. The standard InChI is InChI=1S/C24H42N6O6/c1-17(31)19(20(32)28-12-14-29(15-13-28)22(34)36-24(5,6)7)30-16-18(26-27-30)10-8-9-11-25-21(33)35-23(2,3)4/h16-17,19,31H,8-15H2,1-7H3,(H,25,33)/t17?,19-/m0/s1. The van der Waals surface area contributed by atoms with Crippen molar-refractivity contribution in [3.63, 3.8) is 0 Å². The largest absolute Gasteiger partial charge is 0.444 e. The molecule has 1 aromatic heterocycles. The molecular formula is C24H42N6O6. The predicted octanol–water partition coefficient (Wildman–Crippen LogP) is 2.13. The lowest BCUT2D eigenvalue weighted by molar-refractivity contribution is -0.140. The Morgan fingerprint density at radius 3 is 2.14 bits per heavy atom. The van der Waals surface area contributed by atoms with Crippen molar-refractivity contribution < 1.29 is 29.0 Å². The summed E-state index contributed by atoms with van der Waals surface area (Å²) in [7, 11) is 0. The molecule has 1 aromatic rings. The van der Waals surface area contributed by atoms with E-state index in [1.807, 2.05) is 41.5 Å². The Kier molecular flexibility index (Phi) is 10.1. The molecule has 1 unspecified atom stereocenters. The van der Waals surface area contributed by atoms with Gasteiger partial charge in [0.2, 0.25) is 5.91 Å². The Balaban J connectivity index is 1.85. The van der Waals surface area contributed by atoms with Crippen LogP contribution in [0.2, 0.25) is 0 Å². The molecule has 1 saturated heterocycles. The molecule has 12 heteroatoms. The first-order valence-electron chi connectivity index (χ1n) is 12.5. The third kappa shape index (κ3) is 9.63. The summed E-state index contributed by atoms with van der Waals surface area (Å²) in [6.07, 6.45) is 1.96. The molecule has 0 aliphatic carbocycles. The maximum Gasteiger partial charge on any atom is 0.410 e. The number of unbranched alkanes of at least 4 members (excludes halogenated alkanes) is 1. The molecule has 0 spiro atoms. The summed E-state index contributed by atoms with van der Waals surface area (Å²) < 4.78 is 12.0. The van der Waals surface area contributed by atoms with E-state index in [4.69, 9.17) is 9.47 Å². The minimum absolute atomic E-state index is 0.271. The summed E-state index contributed by atoms with van der Waals surface area (Å²) in [6.45, 7) is 14.3. The SMILES string of the molecule is CC(O)[C@@H](C(=O)N1CCN(C(=O)OC(C)(C)C)CC1)n1cc(CCCCNC(=O)OC(C)(C)C)nn1. The summed E-state index contributed by atoms with van der Waals surface area (Å²) in [4.78, 5) is 40.4. The van der Waals surface area contributed by atoms with Crippen molar-refractivity contribution in [1.29, 1.82) is 0 Å². The lowest BCUT2D eigenvalue weighted by Gasteiger charge is -2.37. The number of ether oxygens (including phenoxy) is 2. The van der Waals surface area contributed by atoms with Crippen LogP contribution in [0.15, 0.2) is 6.20 Å². The van der Waals surface area contributed by atoms with Crippen LogP contribution in [0.1, 0.15) is 73.0 Å². The average Bonchev–Trinajstić information content (AvgIpc) is 3.19. The number of aliphatic hydroxyl groups excluding tert-OH is 1. The van der Waals surface area contributed by atoms with E-state index in [0.717, 1.165) is 12.8 Å². The van der Waals surface area contributed by atoms with Crippen LogP contribution in [0.5, 0.6) is 0 Å². The van der Waals surface area contributed by atoms with Crippen LogP contribution in [0.25, 0.3) is 0 Å². The van der Waals surface area contributed by atoms with Gasteiger partial charge < -0.3 is 29.7 Å². The highest BCUT2D eigenvalue weighted by Gasteiger charge is 2.34. The van der Waals surface area contributed by atoms with Crippen LogP contribution in [0, 0.1) is 0 Å². The Hall–Kier alpha value is -2.89. The number of amides is 3. The Morgan fingerprint density at radius 2 is 1.58 bits per heavy atom. The predicted molar refractivity (Wildman–Crippen MR) is 132 cm³/mol. The van der Waals surface area contributed by atoms with E-state index in [-0.39, 0.29) is 5.91 Å². The first-order valence-corrected chi connectivity index (χ1v) is 12.5. The molecule has 0 aromatic carbocycles. The molecular weight excluding hydrogens is 468 g/mol. The van der Waals surface area contributed by atoms with Crippen LogP contribution < -0.4 is 5.32 Å². The highest BCUT2D eigenvalue weighted by molar-refractivity contribution is 5.81. The lowest BCUT2D eigenvalue weighted by Crippen LogP contribution is -2.54. The van der Waals surface area contributed by atoms with Crippen molar-refractivity contribution in [2.75, 3.05) is 32.7 Å². The number of piperazine rings is 1. The zero-order valence-electron chi connectivity index (χ0n) is 22.6. The van der Waals surface area contributed by atoms with E-state index in [1.165, 1.54) is 4.68 Å². The van der Waals surface area contributed by atoms with Gasteiger partial charge in [-0.15, -0.1) is 5.10 Å². The smallest absolute Gasteiger partial charge is 0.410 e. The van der Waals surface area contributed by atoms with Crippen LogP contribution in [-0.2, 0) is 20.7 Å². The van der Waals surface area contributed by atoms with Crippen molar-refractivity contribution in [3.05, 3.63) is 11.9 Å². The minimum atomic E-state index is -0.978. The fraction of sp³-hybridized carbons (Fsp3) is 0.792. The quantitative estimate of drug-likeness (QED) is 0.507. The molecule has 2 atom stereocenters. The lowest BCUT2D eigenvalue weighted by atomic mass is 10.1. The molecule has 204 valence electrons. The number of hydrogen-bond acceptors (Lipinski definition) is 8. The van der Waals surface area contributed by atoms with Gasteiger partial charge in [0.25, 0.3) is 0 Å². The fourth-order valence-corrected chi connectivity index (χ4v) is 3.66. The molecule has 1 aliphatic rings. The van der Waals surface area contributed by atoms with Crippen LogP contribution in [0.4, 0.5) is 9.59 Å². The molecule has 1 fully saturated rings. The normalized spacial score (nSPS) is 16.3. The number of alkyl carbamates (subject to hydrolysis) is 1. The molecule has 2 N–H and O–H groups in total. The van der Waals surface area contributed by atoms with Gasteiger partial charge in [-0.1, -0.05) is 5.21 Å². The van der Waals surface area contributed by atoms with E-state index in [2.05, 4.69) is 15.6 Å². The third-order valence-corrected chi connectivity index (χ3v) is 5.32. The zero-order valence-corrected chi connectivity index (χ0v) is 22.6. The molecule has 3 amide bonds. The van der Waals surface area contributed by atoms with Crippen LogP contribution >= 0.6 is 0 Å². The van der Waals surface area contributed by atoms with E-state index in [0.29, 0.717) is 44.8 Å². The van der Waals surface area contributed by atoms with Gasteiger partial charge >= 0.3 is 12.2 Å². The van der Waals surface area contributed by atoms with Gasteiger partial charge in [0.15, 0.2) is 6.04 Å². The second kappa shape index (κ2) is 12.4. The molecule has 36 heavy (non-hydrogen) atoms. The summed E-state index contributed by atoms with van der Waals surface area (Å²) in [5.41, 5.74) is -0.423. The minimum Gasteiger partial charge on any atom is -0.444 e. The van der Waals surface area contributed by atoms with Gasteiger partial charge in [0.05, 0.1) is 11.8 Å². The second-order valence-electron chi connectivity index (χ2n) is 11.1. The number of carbonyl (C=O) groups is 3. The molecule has 1 aliphatic heterocycles. The summed E-state index contributed by atoms with van der Waals surface area (Å²) in [6, 6.07) is -0.909. The van der Waals surface area contributed by atoms with Gasteiger partial charge in [-0.05, 0) is 67.7 Å². The number of aryl methyl sites for hydroxylation is 1. The van der Waals surface area contributed by atoms with Crippen molar-refractivity contribution in [1.82, 2.24) is 30.1 Å². The monoisotopic (exact) mass is 510 g/mol. The van der Waals surface area contributed by atoms with Crippen molar-refractivity contribution in [2.24, 2.45) is 0 Å². The Morgan fingerprint density at radius 1 is 1.00 bits per heavy atom. The van der Waals surface area contributed by atoms with Crippen molar-refractivity contribution in [3.8, 4) is 0 Å². The second-order valence-corrected chi connectivity index (χ2v) is 11.1. The number of carbonyl (C=O) groups excluding carboxylic acids is 3. The highest BCUT2D eigenvalue weighted by Crippen LogP contribution is 2.18. The number of nitrogens with one attached hydrogen (secondary N) is 1. The number of nitrogens with zero attached hydrogens (tertiary/aromatic N) is 5. The van der Waals surface area contributed by atoms with Gasteiger partial charge in [0.1, 0.15) is 11.2 Å². The first-order chi connectivity index (χ1) is 16.7. The van der Waals surface area contributed by atoms with Crippen LogP contribution in [0.3, 0.4) is 0 Å². The maximum absolute atomic E-state index is 13.2. The van der Waals surface area contributed by atoms with Crippen molar-refractivity contribution in [2.45, 2.75) is 91.1 Å².